The number of amides is 2. The highest BCUT2D eigenvalue weighted by molar-refractivity contribution is 7.91. The van der Waals surface area contributed by atoms with E-state index >= 15 is 0 Å². The van der Waals surface area contributed by atoms with Crippen molar-refractivity contribution < 1.29 is 13.2 Å². The maximum absolute atomic E-state index is 13.1. The summed E-state index contributed by atoms with van der Waals surface area (Å²) in [6.07, 6.45) is 5.64. The van der Waals surface area contributed by atoms with Crippen molar-refractivity contribution in [3.63, 3.8) is 0 Å². The van der Waals surface area contributed by atoms with Crippen LogP contribution in [0.25, 0.3) is 11.3 Å². The van der Waals surface area contributed by atoms with Crippen molar-refractivity contribution in [3.05, 3.63) is 48.5 Å². The third kappa shape index (κ3) is 3.84. The van der Waals surface area contributed by atoms with Gasteiger partial charge in [-0.15, -0.1) is 0 Å². The number of anilines is 2. The molecule has 9 nitrogen and oxygen atoms in total. The number of benzene rings is 1. The van der Waals surface area contributed by atoms with Crippen LogP contribution in [0.3, 0.4) is 0 Å². The molecule has 1 aliphatic heterocycles. The lowest BCUT2D eigenvalue weighted by atomic mass is 10.1. The Balaban J connectivity index is 1.59. The molecule has 0 radical (unpaired) electrons. The zero-order valence-corrected chi connectivity index (χ0v) is 17.2. The van der Waals surface area contributed by atoms with Crippen LogP contribution in [-0.4, -0.2) is 42.5 Å². The van der Waals surface area contributed by atoms with Crippen molar-refractivity contribution in [3.8, 4) is 11.3 Å². The second kappa shape index (κ2) is 7.50. The van der Waals surface area contributed by atoms with Gasteiger partial charge in [-0.05, 0) is 25.5 Å². The Kier molecular flexibility index (Phi) is 5.03. The summed E-state index contributed by atoms with van der Waals surface area (Å²) >= 11 is 0.913. The first-order valence-corrected chi connectivity index (χ1v) is 11.2. The minimum Gasteiger partial charge on any atom is -0.294 e. The van der Waals surface area contributed by atoms with Crippen LogP contribution < -0.4 is 14.9 Å². The molecule has 2 aromatic heterocycles. The number of urea groups is 1. The van der Waals surface area contributed by atoms with Gasteiger partial charge in [0.05, 0.1) is 17.6 Å². The fraction of sp³-hybridized carbons (Fsp3) is 0.222. The summed E-state index contributed by atoms with van der Waals surface area (Å²) in [7, 11) is -3.87. The SMILES string of the molecule is Cc1nc(N2CCCN(c3ccc(-c4cnccn4)cc3)C2=O)sc1S(N)(=O)=O. The number of rotatable bonds is 4. The van der Waals surface area contributed by atoms with Crippen LogP contribution >= 0.6 is 11.3 Å². The lowest BCUT2D eigenvalue weighted by molar-refractivity contribution is 0.248. The van der Waals surface area contributed by atoms with E-state index in [0.717, 1.165) is 34.7 Å². The van der Waals surface area contributed by atoms with E-state index < -0.39 is 10.0 Å². The number of hydrogen-bond donors (Lipinski definition) is 1. The molecule has 150 valence electrons. The maximum Gasteiger partial charge on any atom is 0.330 e. The number of sulfonamides is 1. The van der Waals surface area contributed by atoms with E-state index in [1.165, 1.54) is 4.90 Å². The van der Waals surface area contributed by atoms with Crippen molar-refractivity contribution in [2.45, 2.75) is 17.6 Å². The molecule has 0 spiro atoms. The minimum absolute atomic E-state index is 0.0225. The molecule has 2 amide bonds. The highest BCUT2D eigenvalue weighted by Crippen LogP contribution is 2.32. The molecule has 1 saturated heterocycles. The van der Waals surface area contributed by atoms with Crippen LogP contribution in [0.15, 0.2) is 47.1 Å². The van der Waals surface area contributed by atoms with E-state index in [0.29, 0.717) is 23.9 Å². The fourth-order valence-electron chi connectivity index (χ4n) is 3.15. The van der Waals surface area contributed by atoms with E-state index in [2.05, 4.69) is 15.0 Å². The number of thiazole rings is 1. The van der Waals surface area contributed by atoms with E-state index in [9.17, 15) is 13.2 Å². The first kappa shape index (κ1) is 19.4. The van der Waals surface area contributed by atoms with Gasteiger partial charge < -0.3 is 0 Å². The summed E-state index contributed by atoms with van der Waals surface area (Å²) in [4.78, 5) is 28.8. The van der Waals surface area contributed by atoms with Crippen molar-refractivity contribution in [1.29, 1.82) is 0 Å². The number of carbonyl (C=O) groups is 1. The fourth-order valence-corrected chi connectivity index (χ4v) is 5.12. The van der Waals surface area contributed by atoms with E-state index in [-0.39, 0.29) is 10.2 Å². The molecule has 0 saturated carbocycles. The molecule has 11 heteroatoms. The Labute approximate surface area is 171 Å². The lowest BCUT2D eigenvalue weighted by Gasteiger charge is -2.34. The van der Waals surface area contributed by atoms with Gasteiger partial charge in [-0.2, -0.15) is 0 Å². The van der Waals surface area contributed by atoms with Gasteiger partial charge in [-0.25, -0.2) is 23.3 Å². The quantitative estimate of drug-likeness (QED) is 0.678. The molecular weight excluding hydrogens is 412 g/mol. The molecule has 2 N–H and O–H groups in total. The van der Waals surface area contributed by atoms with Gasteiger partial charge in [0.1, 0.15) is 0 Å². The van der Waals surface area contributed by atoms with Gasteiger partial charge in [0.2, 0.25) is 10.0 Å². The first-order valence-electron chi connectivity index (χ1n) is 8.80. The summed E-state index contributed by atoms with van der Waals surface area (Å²) < 4.78 is 23.4. The molecular formula is C18H18N6O3S2. The number of primary sulfonamides is 1. The Morgan fingerprint density at radius 1 is 1.10 bits per heavy atom. The van der Waals surface area contributed by atoms with E-state index in [1.807, 2.05) is 24.3 Å². The molecule has 4 rings (SSSR count). The highest BCUT2D eigenvalue weighted by Gasteiger charge is 2.31. The standard InChI is InChI=1S/C18H18N6O3S2/c1-12-16(29(19,26)27)28-17(22-12)24-10-2-9-23(18(24)25)14-5-3-13(4-6-14)15-11-20-7-8-21-15/h3-8,11H,2,9-10H2,1H3,(H2,19,26,27). The molecule has 1 aliphatic rings. The smallest absolute Gasteiger partial charge is 0.294 e. The van der Waals surface area contributed by atoms with Crippen molar-refractivity contribution in [2.24, 2.45) is 5.14 Å². The number of aromatic nitrogens is 3. The maximum atomic E-state index is 13.1. The normalized spacial score (nSPS) is 15.0. The van der Waals surface area contributed by atoms with Crippen LogP contribution in [0.5, 0.6) is 0 Å². The number of nitrogens with two attached hydrogens (primary N) is 1. The zero-order valence-electron chi connectivity index (χ0n) is 15.5. The number of hydrogen-bond acceptors (Lipinski definition) is 7. The molecule has 3 aromatic rings. The summed E-state index contributed by atoms with van der Waals surface area (Å²) in [5.74, 6) is 0. The Hall–Kier alpha value is -2.89. The topological polar surface area (TPSA) is 122 Å². The van der Waals surface area contributed by atoms with Gasteiger partial charge >= 0.3 is 6.03 Å². The van der Waals surface area contributed by atoms with Gasteiger partial charge in [-0.3, -0.25) is 19.8 Å². The predicted molar refractivity (Wildman–Crippen MR) is 110 cm³/mol. The summed E-state index contributed by atoms with van der Waals surface area (Å²) in [6, 6.07) is 7.23. The van der Waals surface area contributed by atoms with Crippen molar-refractivity contribution >= 4 is 38.2 Å². The summed E-state index contributed by atoms with van der Waals surface area (Å²) in [5, 5.41) is 5.57. The molecule has 0 aliphatic carbocycles. The second-order valence-electron chi connectivity index (χ2n) is 6.49. The molecule has 0 bridgehead atoms. The number of aryl methyl sites for hydroxylation is 1. The molecule has 29 heavy (non-hydrogen) atoms. The molecule has 1 aromatic carbocycles. The molecule has 0 unspecified atom stereocenters. The minimum atomic E-state index is -3.87. The van der Waals surface area contributed by atoms with Crippen LogP contribution in [0.2, 0.25) is 0 Å². The van der Waals surface area contributed by atoms with Crippen LogP contribution in [0.4, 0.5) is 15.6 Å². The van der Waals surface area contributed by atoms with E-state index in [1.54, 1.807) is 30.4 Å². The van der Waals surface area contributed by atoms with E-state index in [4.69, 9.17) is 5.14 Å². The Morgan fingerprint density at radius 2 is 1.83 bits per heavy atom. The third-order valence-electron chi connectivity index (χ3n) is 4.50. The average molecular weight is 431 g/mol. The molecule has 1 fully saturated rings. The van der Waals surface area contributed by atoms with Gasteiger partial charge in [0.15, 0.2) is 9.34 Å². The van der Waals surface area contributed by atoms with Crippen LogP contribution in [0, 0.1) is 6.92 Å². The van der Waals surface area contributed by atoms with Gasteiger partial charge in [0, 0.05) is 36.7 Å². The molecule has 0 atom stereocenters. The molecule has 3 heterocycles. The lowest BCUT2D eigenvalue weighted by Crippen LogP contribution is -2.49. The van der Waals surface area contributed by atoms with Gasteiger partial charge in [0.25, 0.3) is 0 Å². The number of nitrogens with zero attached hydrogens (tertiary/aromatic N) is 5. The average Bonchev–Trinajstić information content (AvgIpc) is 3.11. The Bertz CT molecular complexity index is 1150. The van der Waals surface area contributed by atoms with Crippen molar-refractivity contribution in [2.75, 3.05) is 22.9 Å². The van der Waals surface area contributed by atoms with Crippen molar-refractivity contribution in [1.82, 2.24) is 15.0 Å². The Morgan fingerprint density at radius 3 is 2.45 bits per heavy atom. The van der Waals surface area contributed by atoms with Crippen LogP contribution in [-0.2, 0) is 10.0 Å². The zero-order chi connectivity index (χ0) is 20.6. The largest absolute Gasteiger partial charge is 0.330 e. The third-order valence-corrected chi connectivity index (χ3v) is 7.23. The monoisotopic (exact) mass is 430 g/mol. The number of carbonyl (C=O) groups excluding carboxylic acids is 1. The predicted octanol–water partition coefficient (Wildman–Crippen LogP) is 2.39. The first-order chi connectivity index (χ1) is 13.8. The summed E-state index contributed by atoms with van der Waals surface area (Å²) in [6.45, 7) is 2.59. The highest BCUT2D eigenvalue weighted by atomic mass is 32.2. The van der Waals surface area contributed by atoms with Gasteiger partial charge in [-0.1, -0.05) is 23.5 Å². The summed E-state index contributed by atoms with van der Waals surface area (Å²) in [5.41, 5.74) is 2.69. The second-order valence-corrected chi connectivity index (χ2v) is 9.23. The van der Waals surface area contributed by atoms with Crippen LogP contribution in [0.1, 0.15) is 12.1 Å².